The van der Waals surface area contributed by atoms with E-state index in [1.54, 1.807) is 36.5 Å². The summed E-state index contributed by atoms with van der Waals surface area (Å²) in [7, 11) is 1.56. The highest BCUT2D eigenvalue weighted by Crippen LogP contribution is 2.35. The van der Waals surface area contributed by atoms with Gasteiger partial charge >= 0.3 is 0 Å². The quantitative estimate of drug-likeness (QED) is 0.511. The van der Waals surface area contributed by atoms with Gasteiger partial charge in [-0.3, -0.25) is 14.1 Å². The molecule has 0 unspecified atom stereocenters. The fourth-order valence-electron chi connectivity index (χ4n) is 3.85. The Kier molecular flexibility index (Phi) is 4.56. The molecule has 0 bridgehead atoms. The molecule has 5 rings (SSSR count). The smallest absolute Gasteiger partial charge is 0.258 e. The van der Waals surface area contributed by atoms with Crippen molar-refractivity contribution >= 4 is 17.4 Å². The van der Waals surface area contributed by atoms with Crippen molar-refractivity contribution in [2.45, 2.75) is 12.8 Å². The van der Waals surface area contributed by atoms with E-state index in [1.165, 1.54) is 0 Å². The van der Waals surface area contributed by atoms with Crippen molar-refractivity contribution in [3.63, 3.8) is 0 Å². The molecule has 0 atom stereocenters. The van der Waals surface area contributed by atoms with E-state index in [0.717, 1.165) is 23.2 Å². The molecule has 1 saturated heterocycles. The number of fused-ring (bicyclic) bond motifs is 1. The lowest BCUT2D eigenvalue weighted by Crippen LogP contribution is -2.24. The Labute approximate surface area is 178 Å². The molecule has 1 amide bonds. The molecule has 0 radical (unpaired) electrons. The molecular weight excluding hydrogens is 392 g/mol. The highest BCUT2D eigenvalue weighted by Gasteiger charge is 2.23. The first kappa shape index (κ1) is 18.8. The molecule has 8 nitrogen and oxygen atoms in total. The number of carbonyl (C=O) groups is 1. The van der Waals surface area contributed by atoms with Gasteiger partial charge in [-0.15, -0.1) is 0 Å². The number of rotatable bonds is 4. The van der Waals surface area contributed by atoms with E-state index in [1.807, 2.05) is 34.9 Å². The Balaban J connectivity index is 1.69. The van der Waals surface area contributed by atoms with Gasteiger partial charge < -0.3 is 4.74 Å². The second-order valence-electron chi connectivity index (χ2n) is 7.18. The minimum atomic E-state index is 0.0987. The van der Waals surface area contributed by atoms with Crippen molar-refractivity contribution in [3.05, 3.63) is 60.6 Å². The maximum Gasteiger partial charge on any atom is 0.258 e. The lowest BCUT2D eigenvalue weighted by Gasteiger charge is -2.17. The summed E-state index contributed by atoms with van der Waals surface area (Å²) in [4.78, 5) is 27.4. The summed E-state index contributed by atoms with van der Waals surface area (Å²) in [5.41, 5.74) is 4.30. The van der Waals surface area contributed by atoms with Gasteiger partial charge in [-0.05, 0) is 30.7 Å². The molecule has 0 N–H and O–H groups in total. The maximum atomic E-state index is 12.1. The van der Waals surface area contributed by atoms with E-state index >= 15 is 0 Å². The summed E-state index contributed by atoms with van der Waals surface area (Å²) in [6, 6.07) is 13.2. The number of pyridine rings is 1. The number of hydrogen-bond donors (Lipinski definition) is 0. The van der Waals surface area contributed by atoms with Gasteiger partial charge in [0.1, 0.15) is 5.82 Å². The number of benzene rings is 1. The van der Waals surface area contributed by atoms with Gasteiger partial charge in [0.2, 0.25) is 11.6 Å². The van der Waals surface area contributed by atoms with Crippen LogP contribution in [0.25, 0.3) is 28.2 Å². The number of amides is 1. The summed E-state index contributed by atoms with van der Waals surface area (Å²) in [5.74, 6) is 1.15. The summed E-state index contributed by atoms with van der Waals surface area (Å²) in [6.45, 7) is 0.692. The van der Waals surface area contributed by atoms with E-state index in [0.29, 0.717) is 41.6 Å². The number of ether oxygens (including phenoxy) is 1. The normalized spacial score (nSPS) is 13.5. The monoisotopic (exact) mass is 410 g/mol. The standard InChI is InChI=1S/C23H18N6O2/c1-31-23-22-25-10-12-29(22)21(20(27-23)16-6-4-15(13-24)5-7-16)17-8-9-18(26-14-17)28-11-2-3-19(28)30/h4-10,12,14H,2-3,11H2,1H3. The van der Waals surface area contributed by atoms with Crippen LogP contribution in [0.2, 0.25) is 0 Å². The number of hydrogen-bond acceptors (Lipinski definition) is 6. The molecule has 152 valence electrons. The topological polar surface area (TPSA) is 96.4 Å². The minimum absolute atomic E-state index is 0.0987. The van der Waals surface area contributed by atoms with Crippen LogP contribution in [0, 0.1) is 11.3 Å². The number of imidazole rings is 1. The van der Waals surface area contributed by atoms with Gasteiger partial charge in [-0.2, -0.15) is 5.26 Å². The predicted octanol–water partition coefficient (Wildman–Crippen LogP) is 3.47. The molecule has 8 heteroatoms. The van der Waals surface area contributed by atoms with Gasteiger partial charge in [0.05, 0.1) is 30.1 Å². The fraction of sp³-hybridized carbons (Fsp3) is 0.174. The zero-order chi connectivity index (χ0) is 21.4. The molecular formula is C23H18N6O2. The summed E-state index contributed by atoms with van der Waals surface area (Å²) in [6.07, 6.45) is 6.70. The van der Waals surface area contributed by atoms with E-state index in [9.17, 15) is 4.79 Å². The number of nitrogens with zero attached hydrogens (tertiary/aromatic N) is 6. The zero-order valence-corrected chi connectivity index (χ0v) is 16.8. The maximum absolute atomic E-state index is 12.1. The van der Waals surface area contributed by atoms with Gasteiger partial charge in [0.25, 0.3) is 5.88 Å². The second kappa shape index (κ2) is 7.54. The van der Waals surface area contributed by atoms with Gasteiger partial charge in [0, 0.05) is 42.7 Å². The fourth-order valence-corrected chi connectivity index (χ4v) is 3.85. The summed E-state index contributed by atoms with van der Waals surface area (Å²) in [5, 5.41) is 9.13. The van der Waals surface area contributed by atoms with E-state index in [-0.39, 0.29) is 5.91 Å². The van der Waals surface area contributed by atoms with Crippen LogP contribution in [0.4, 0.5) is 5.82 Å². The minimum Gasteiger partial charge on any atom is -0.478 e. The lowest BCUT2D eigenvalue weighted by atomic mass is 10.0. The Bertz CT molecular complexity index is 1320. The van der Waals surface area contributed by atoms with Crippen LogP contribution in [-0.2, 0) is 4.79 Å². The van der Waals surface area contributed by atoms with E-state index in [4.69, 9.17) is 15.0 Å². The van der Waals surface area contributed by atoms with Crippen LogP contribution in [0.15, 0.2) is 55.0 Å². The number of methoxy groups -OCH3 is 1. The average molecular weight is 410 g/mol. The number of nitriles is 1. The van der Waals surface area contributed by atoms with Crippen LogP contribution in [0.5, 0.6) is 5.88 Å². The van der Waals surface area contributed by atoms with Crippen LogP contribution in [0.1, 0.15) is 18.4 Å². The zero-order valence-electron chi connectivity index (χ0n) is 16.8. The molecule has 31 heavy (non-hydrogen) atoms. The van der Waals surface area contributed by atoms with Gasteiger partial charge in [-0.25, -0.2) is 15.0 Å². The molecule has 1 aliphatic rings. The van der Waals surface area contributed by atoms with Crippen molar-refractivity contribution in [3.8, 4) is 34.5 Å². The molecule has 1 aromatic carbocycles. The van der Waals surface area contributed by atoms with Crippen LogP contribution in [-0.4, -0.2) is 38.9 Å². The van der Waals surface area contributed by atoms with Crippen molar-refractivity contribution in [1.82, 2.24) is 19.4 Å². The lowest BCUT2D eigenvalue weighted by molar-refractivity contribution is -0.117. The molecule has 1 fully saturated rings. The molecule has 0 aliphatic carbocycles. The molecule has 3 aromatic heterocycles. The number of carbonyl (C=O) groups excluding carboxylic acids is 1. The molecule has 4 aromatic rings. The SMILES string of the molecule is COc1nc(-c2ccc(C#N)cc2)c(-c2ccc(N3CCCC3=O)nc2)n2ccnc12. The van der Waals surface area contributed by atoms with E-state index in [2.05, 4.69) is 16.0 Å². The predicted molar refractivity (Wildman–Crippen MR) is 115 cm³/mol. The Morgan fingerprint density at radius 1 is 1.10 bits per heavy atom. The number of aromatic nitrogens is 4. The average Bonchev–Trinajstić information content (AvgIpc) is 3.47. The van der Waals surface area contributed by atoms with Crippen molar-refractivity contribution in [1.29, 1.82) is 5.26 Å². The van der Waals surface area contributed by atoms with E-state index < -0.39 is 0 Å². The van der Waals surface area contributed by atoms with Crippen LogP contribution >= 0.6 is 0 Å². The first-order chi connectivity index (χ1) is 15.2. The third-order valence-corrected chi connectivity index (χ3v) is 5.36. The highest BCUT2D eigenvalue weighted by molar-refractivity contribution is 5.94. The molecule has 0 saturated carbocycles. The summed E-state index contributed by atoms with van der Waals surface area (Å²) >= 11 is 0. The Morgan fingerprint density at radius 2 is 1.90 bits per heavy atom. The third kappa shape index (κ3) is 3.16. The van der Waals surface area contributed by atoms with Crippen LogP contribution < -0.4 is 9.64 Å². The first-order valence-electron chi connectivity index (χ1n) is 9.88. The van der Waals surface area contributed by atoms with Gasteiger partial charge in [-0.1, -0.05) is 12.1 Å². The molecule has 1 aliphatic heterocycles. The Morgan fingerprint density at radius 3 is 2.55 bits per heavy atom. The first-order valence-corrected chi connectivity index (χ1v) is 9.88. The van der Waals surface area contributed by atoms with Crippen molar-refractivity contribution in [2.24, 2.45) is 0 Å². The second-order valence-corrected chi connectivity index (χ2v) is 7.18. The van der Waals surface area contributed by atoms with Crippen molar-refractivity contribution < 1.29 is 9.53 Å². The molecule has 4 heterocycles. The van der Waals surface area contributed by atoms with Crippen molar-refractivity contribution in [2.75, 3.05) is 18.6 Å². The summed E-state index contributed by atoms with van der Waals surface area (Å²) < 4.78 is 7.39. The Hall–Kier alpha value is -4.25. The highest BCUT2D eigenvalue weighted by atomic mass is 16.5. The van der Waals surface area contributed by atoms with Gasteiger partial charge in [0.15, 0.2) is 0 Å². The van der Waals surface area contributed by atoms with Crippen LogP contribution in [0.3, 0.4) is 0 Å². The third-order valence-electron chi connectivity index (χ3n) is 5.36. The number of anilines is 1. The molecule has 0 spiro atoms. The largest absolute Gasteiger partial charge is 0.478 e.